The number of rotatable bonds is 0. The third-order valence-corrected chi connectivity index (χ3v) is 1.57. The van der Waals surface area contributed by atoms with E-state index >= 15 is 0 Å². The Morgan fingerprint density at radius 3 is 3.09 bits per heavy atom. The van der Waals surface area contributed by atoms with Crippen LogP contribution in [0.4, 0.5) is 5.95 Å². The third kappa shape index (κ3) is 0.850. The molecule has 0 aliphatic rings. The maximum atomic E-state index is 5.42. The van der Waals surface area contributed by atoms with Gasteiger partial charge in [0.1, 0.15) is 7.85 Å². The molecule has 2 heterocycles. The van der Waals surface area contributed by atoms with Crippen LogP contribution in [0.3, 0.4) is 0 Å². The number of anilines is 1. The van der Waals surface area contributed by atoms with E-state index in [9.17, 15) is 0 Å². The van der Waals surface area contributed by atoms with Crippen LogP contribution in [0.25, 0.3) is 5.65 Å². The highest BCUT2D eigenvalue weighted by Gasteiger charge is 1.99. The molecule has 11 heavy (non-hydrogen) atoms. The van der Waals surface area contributed by atoms with Crippen molar-refractivity contribution in [3.05, 3.63) is 18.3 Å². The number of aromatic nitrogens is 3. The van der Waals surface area contributed by atoms with Crippen molar-refractivity contribution in [1.29, 1.82) is 0 Å². The number of fused-ring (bicyclic) bond motifs is 1. The normalized spacial score (nSPS) is 10.5. The van der Waals surface area contributed by atoms with Crippen LogP contribution in [0.5, 0.6) is 0 Å². The van der Waals surface area contributed by atoms with Gasteiger partial charge in [-0.1, -0.05) is 6.07 Å². The summed E-state index contributed by atoms with van der Waals surface area (Å²) in [5.74, 6) is 0.319. The average Bonchev–Trinajstić information content (AvgIpc) is 2.31. The molecule has 0 saturated heterocycles. The number of hydrogen-bond acceptors (Lipinski definition) is 3. The van der Waals surface area contributed by atoms with Crippen molar-refractivity contribution in [2.75, 3.05) is 5.73 Å². The van der Waals surface area contributed by atoms with Crippen molar-refractivity contribution in [2.45, 2.75) is 0 Å². The van der Waals surface area contributed by atoms with Gasteiger partial charge in [0, 0.05) is 6.20 Å². The maximum Gasteiger partial charge on any atom is 0.240 e. The number of hydrogen-bond donors (Lipinski definition) is 1. The van der Waals surface area contributed by atoms with E-state index in [-0.39, 0.29) is 0 Å². The highest BCUT2D eigenvalue weighted by atomic mass is 15.3. The van der Waals surface area contributed by atoms with Gasteiger partial charge in [0.2, 0.25) is 5.95 Å². The Morgan fingerprint density at radius 1 is 1.55 bits per heavy atom. The first-order chi connectivity index (χ1) is 5.27. The summed E-state index contributed by atoms with van der Waals surface area (Å²) in [5.41, 5.74) is 7.32. The lowest BCUT2D eigenvalue weighted by atomic mass is 9.98. The summed E-state index contributed by atoms with van der Waals surface area (Å²) in [6, 6.07) is 3.89. The molecule has 2 N–H and O–H groups in total. The molecule has 0 spiro atoms. The summed E-state index contributed by atoms with van der Waals surface area (Å²) < 4.78 is 1.67. The molecule has 0 atom stereocenters. The van der Waals surface area contributed by atoms with Crippen LogP contribution in [0.15, 0.2) is 18.3 Å². The topological polar surface area (TPSA) is 56.2 Å². The molecule has 5 heteroatoms. The lowest BCUT2D eigenvalue weighted by Crippen LogP contribution is -2.06. The van der Waals surface area contributed by atoms with E-state index in [1.165, 1.54) is 0 Å². The molecule has 0 saturated carbocycles. The van der Waals surface area contributed by atoms with Gasteiger partial charge < -0.3 is 5.73 Å². The first kappa shape index (κ1) is 6.21. The van der Waals surface area contributed by atoms with Crippen molar-refractivity contribution < 1.29 is 0 Å². The molecule has 0 radical (unpaired) electrons. The first-order valence-corrected chi connectivity index (χ1v) is 3.35. The predicted octanol–water partition coefficient (Wildman–Crippen LogP) is -1.43. The molecule has 4 nitrogen and oxygen atoms in total. The zero-order valence-corrected chi connectivity index (χ0v) is 6.15. The van der Waals surface area contributed by atoms with E-state index in [4.69, 9.17) is 5.73 Å². The van der Waals surface area contributed by atoms with Crippen LogP contribution >= 0.6 is 0 Å². The third-order valence-electron chi connectivity index (χ3n) is 1.57. The van der Waals surface area contributed by atoms with E-state index in [2.05, 4.69) is 10.1 Å². The van der Waals surface area contributed by atoms with Gasteiger partial charge in [-0.2, -0.15) is 4.98 Å². The van der Waals surface area contributed by atoms with Crippen LogP contribution in [0, 0.1) is 0 Å². The molecule has 0 aliphatic carbocycles. The predicted molar refractivity (Wildman–Crippen MR) is 45.6 cm³/mol. The Labute approximate surface area is 64.4 Å². The number of nitrogen functional groups attached to an aromatic ring is 1. The molecule has 0 bridgehead atoms. The lowest BCUT2D eigenvalue weighted by molar-refractivity contribution is 0.971. The van der Waals surface area contributed by atoms with Gasteiger partial charge in [0.25, 0.3) is 0 Å². The van der Waals surface area contributed by atoms with Gasteiger partial charge in [-0.25, -0.2) is 4.52 Å². The lowest BCUT2D eigenvalue weighted by Gasteiger charge is -1.92. The first-order valence-electron chi connectivity index (χ1n) is 3.35. The van der Waals surface area contributed by atoms with Crippen LogP contribution in [-0.4, -0.2) is 22.4 Å². The molecule has 2 aromatic heterocycles. The van der Waals surface area contributed by atoms with Crippen LogP contribution in [0.1, 0.15) is 0 Å². The molecule has 0 amide bonds. The molecule has 54 valence electrons. The molecule has 0 aromatic carbocycles. The summed E-state index contributed by atoms with van der Waals surface area (Å²) in [5, 5.41) is 3.96. The Hall–Kier alpha value is -1.52. The highest BCUT2D eigenvalue weighted by Crippen LogP contribution is 1.96. The molecular weight excluding hydrogens is 139 g/mol. The maximum absolute atomic E-state index is 5.42. The second-order valence-corrected chi connectivity index (χ2v) is 2.43. The van der Waals surface area contributed by atoms with E-state index in [0.717, 1.165) is 11.1 Å². The van der Waals surface area contributed by atoms with Gasteiger partial charge in [-0.3, -0.25) is 0 Å². The zero-order chi connectivity index (χ0) is 7.84. The smallest absolute Gasteiger partial charge is 0.240 e. The summed E-state index contributed by atoms with van der Waals surface area (Å²) in [7, 11) is 1.98. The van der Waals surface area contributed by atoms with Crippen molar-refractivity contribution >= 4 is 24.9 Å². The Kier molecular flexibility index (Phi) is 1.12. The molecule has 0 fully saturated rings. The zero-order valence-electron chi connectivity index (χ0n) is 6.15. The summed E-state index contributed by atoms with van der Waals surface area (Å²) in [6.45, 7) is 0. The number of pyridine rings is 1. The Balaban J connectivity index is 2.90. The number of nitrogens with two attached hydrogens (primary N) is 1. The van der Waals surface area contributed by atoms with Crippen molar-refractivity contribution in [1.82, 2.24) is 14.6 Å². The van der Waals surface area contributed by atoms with Crippen LogP contribution in [0.2, 0.25) is 0 Å². The quantitative estimate of drug-likeness (QED) is 0.463. The SMILES string of the molecule is Bc1cccn2nc(N)nc12. The van der Waals surface area contributed by atoms with Gasteiger partial charge in [-0.05, 0) is 11.5 Å². The van der Waals surface area contributed by atoms with E-state index in [1.807, 2.05) is 26.2 Å². The van der Waals surface area contributed by atoms with E-state index < -0.39 is 0 Å². The van der Waals surface area contributed by atoms with Gasteiger partial charge >= 0.3 is 0 Å². The molecule has 2 rings (SSSR count). The Morgan fingerprint density at radius 2 is 2.36 bits per heavy atom. The van der Waals surface area contributed by atoms with Gasteiger partial charge in [0.05, 0.1) is 0 Å². The summed E-state index contributed by atoms with van der Waals surface area (Å²) in [4.78, 5) is 4.04. The highest BCUT2D eigenvalue weighted by molar-refractivity contribution is 6.36. The Bertz CT molecular complexity index is 394. The minimum absolute atomic E-state index is 0.319. The standard InChI is InChI=1S/C6H7BN4/c7-4-2-1-3-11-5(4)9-6(8)10-11/h1-3H,7H2,(H2,8,10). The second kappa shape index (κ2) is 1.98. The molecule has 0 unspecified atom stereocenters. The summed E-state index contributed by atoms with van der Waals surface area (Å²) >= 11 is 0. The van der Waals surface area contributed by atoms with E-state index in [0.29, 0.717) is 5.95 Å². The largest absolute Gasteiger partial charge is 0.366 e. The van der Waals surface area contributed by atoms with Gasteiger partial charge in [0.15, 0.2) is 5.65 Å². The van der Waals surface area contributed by atoms with Crippen molar-refractivity contribution in [3.63, 3.8) is 0 Å². The van der Waals surface area contributed by atoms with Crippen LogP contribution in [-0.2, 0) is 0 Å². The van der Waals surface area contributed by atoms with Crippen molar-refractivity contribution in [2.24, 2.45) is 0 Å². The molecule has 2 aromatic rings. The minimum Gasteiger partial charge on any atom is -0.366 e. The summed E-state index contributed by atoms with van der Waals surface area (Å²) in [6.07, 6.45) is 1.83. The monoisotopic (exact) mass is 146 g/mol. The van der Waals surface area contributed by atoms with Crippen molar-refractivity contribution in [3.8, 4) is 0 Å². The average molecular weight is 146 g/mol. The second-order valence-electron chi connectivity index (χ2n) is 2.43. The minimum atomic E-state index is 0.319. The van der Waals surface area contributed by atoms with E-state index in [1.54, 1.807) is 4.52 Å². The fourth-order valence-corrected chi connectivity index (χ4v) is 1.06. The van der Waals surface area contributed by atoms with Gasteiger partial charge in [-0.15, -0.1) is 5.10 Å². The molecular formula is C6H7BN4. The molecule has 0 aliphatic heterocycles. The fraction of sp³-hybridized carbons (Fsp3) is 0. The fourth-order valence-electron chi connectivity index (χ4n) is 1.06. The number of nitrogens with zero attached hydrogens (tertiary/aromatic N) is 3. The van der Waals surface area contributed by atoms with Crippen LogP contribution < -0.4 is 11.2 Å².